The number of carboxylic acid groups (broad SMARTS) is 1. The molecule has 0 saturated heterocycles. The fourth-order valence-electron chi connectivity index (χ4n) is 3.53. The first-order chi connectivity index (χ1) is 17.5. The van der Waals surface area contributed by atoms with Gasteiger partial charge < -0.3 is 25.2 Å². The number of amides is 3. The number of aliphatic carboxylic acids is 1. The van der Waals surface area contributed by atoms with E-state index in [0.717, 1.165) is 15.4 Å². The second-order valence-corrected chi connectivity index (χ2v) is 10.4. The molecule has 2 aromatic rings. The topological polar surface area (TPSA) is 134 Å². The summed E-state index contributed by atoms with van der Waals surface area (Å²) in [6.07, 6.45) is -0.808. The molecule has 0 aromatic heterocycles. The van der Waals surface area contributed by atoms with E-state index in [2.05, 4.69) is 10.6 Å². The monoisotopic (exact) mass is 529 g/mol. The Morgan fingerprint density at radius 3 is 2.46 bits per heavy atom. The Kier molecular flexibility index (Phi) is 9.54. The molecule has 198 valence electrons. The van der Waals surface area contributed by atoms with Crippen molar-refractivity contribution in [1.82, 2.24) is 10.6 Å². The quantitative estimate of drug-likeness (QED) is 0.452. The summed E-state index contributed by atoms with van der Waals surface area (Å²) < 4.78 is 11.0. The van der Waals surface area contributed by atoms with Crippen molar-refractivity contribution >= 4 is 41.3 Å². The number of rotatable bonds is 9. The average molecular weight is 530 g/mol. The first-order valence-corrected chi connectivity index (χ1v) is 12.7. The Hall–Kier alpha value is -3.57. The minimum absolute atomic E-state index is 0.174. The van der Waals surface area contributed by atoms with Gasteiger partial charge in [-0.05, 0) is 38.5 Å². The third kappa shape index (κ3) is 8.50. The van der Waals surface area contributed by atoms with Crippen LogP contribution in [0.15, 0.2) is 59.5 Å². The van der Waals surface area contributed by atoms with Crippen LogP contribution in [-0.4, -0.2) is 65.6 Å². The molecule has 3 N–H and O–H groups in total. The van der Waals surface area contributed by atoms with E-state index in [1.54, 1.807) is 45.0 Å². The van der Waals surface area contributed by atoms with Crippen LogP contribution >= 0.6 is 11.8 Å². The van der Waals surface area contributed by atoms with Gasteiger partial charge in [0.2, 0.25) is 5.91 Å². The van der Waals surface area contributed by atoms with Crippen molar-refractivity contribution in [2.24, 2.45) is 0 Å². The lowest BCUT2D eigenvalue weighted by atomic mass is 10.2. The molecule has 0 unspecified atom stereocenters. The standard InChI is InChI=1S/C26H31N3O7S/c1-26(2,3)36-25(34)28-18(15-35-14-17-9-5-4-6-10-17)23(32)27-19-16-37-21-12-8-7-11-20(21)29(24(19)33)13-22(30)31/h4-12,18-19H,13-16H2,1-3H3,(H,27,32)(H,28,34)(H,30,31)/t18-,19+/m0/s1. The summed E-state index contributed by atoms with van der Waals surface area (Å²) in [6.45, 7) is 4.58. The number of alkyl carbamates (subject to hydrolysis) is 1. The third-order valence-corrected chi connectivity index (χ3v) is 6.30. The molecule has 0 bridgehead atoms. The van der Waals surface area contributed by atoms with Gasteiger partial charge in [0, 0.05) is 10.6 Å². The predicted octanol–water partition coefficient (Wildman–Crippen LogP) is 2.80. The van der Waals surface area contributed by atoms with Crippen LogP contribution in [0.2, 0.25) is 0 Å². The van der Waals surface area contributed by atoms with E-state index < -0.39 is 48.1 Å². The van der Waals surface area contributed by atoms with Gasteiger partial charge in [-0.25, -0.2) is 4.79 Å². The second-order valence-electron chi connectivity index (χ2n) is 9.36. The molecule has 0 fully saturated rings. The van der Waals surface area contributed by atoms with E-state index >= 15 is 0 Å². The Morgan fingerprint density at radius 2 is 1.78 bits per heavy atom. The molecule has 0 saturated carbocycles. The lowest BCUT2D eigenvalue weighted by molar-refractivity contribution is -0.137. The summed E-state index contributed by atoms with van der Waals surface area (Å²) in [5, 5.41) is 14.6. The van der Waals surface area contributed by atoms with Gasteiger partial charge in [-0.2, -0.15) is 0 Å². The van der Waals surface area contributed by atoms with Crippen LogP contribution in [0.1, 0.15) is 26.3 Å². The van der Waals surface area contributed by atoms with Gasteiger partial charge in [0.1, 0.15) is 24.2 Å². The van der Waals surface area contributed by atoms with Crippen LogP contribution in [0.5, 0.6) is 0 Å². The van der Waals surface area contributed by atoms with Crippen LogP contribution in [0.4, 0.5) is 10.5 Å². The van der Waals surface area contributed by atoms with Crippen molar-refractivity contribution in [2.45, 2.75) is 50.0 Å². The van der Waals surface area contributed by atoms with E-state index in [-0.39, 0.29) is 19.0 Å². The number of anilines is 1. The highest BCUT2D eigenvalue weighted by Crippen LogP contribution is 2.34. The number of carbonyl (C=O) groups is 4. The molecular weight excluding hydrogens is 498 g/mol. The highest BCUT2D eigenvalue weighted by Gasteiger charge is 2.35. The van der Waals surface area contributed by atoms with Gasteiger partial charge in [0.25, 0.3) is 5.91 Å². The number of ether oxygens (including phenoxy) is 2. The minimum Gasteiger partial charge on any atom is -0.480 e. The van der Waals surface area contributed by atoms with Crippen molar-refractivity contribution < 1.29 is 33.8 Å². The van der Waals surface area contributed by atoms with Crippen LogP contribution in [-0.2, 0) is 30.5 Å². The van der Waals surface area contributed by atoms with E-state index in [9.17, 15) is 24.3 Å². The number of thioether (sulfide) groups is 1. The normalized spacial score (nSPS) is 16.2. The summed E-state index contributed by atoms with van der Waals surface area (Å²) in [7, 11) is 0. The summed E-state index contributed by atoms with van der Waals surface area (Å²) in [6, 6.07) is 14.1. The summed E-state index contributed by atoms with van der Waals surface area (Å²) >= 11 is 1.33. The molecular formula is C26H31N3O7S. The van der Waals surface area contributed by atoms with E-state index in [1.165, 1.54) is 11.8 Å². The van der Waals surface area contributed by atoms with Gasteiger partial charge >= 0.3 is 12.1 Å². The maximum Gasteiger partial charge on any atom is 0.408 e. The maximum absolute atomic E-state index is 13.3. The largest absolute Gasteiger partial charge is 0.480 e. The molecule has 1 heterocycles. The molecule has 37 heavy (non-hydrogen) atoms. The van der Waals surface area contributed by atoms with Gasteiger partial charge in [-0.1, -0.05) is 42.5 Å². The van der Waals surface area contributed by atoms with E-state index in [4.69, 9.17) is 9.47 Å². The molecule has 2 aromatic carbocycles. The molecule has 1 aliphatic heterocycles. The second kappa shape index (κ2) is 12.6. The lowest BCUT2D eigenvalue weighted by Crippen LogP contribution is -2.57. The molecule has 1 aliphatic rings. The number of nitrogens with zero attached hydrogens (tertiary/aromatic N) is 1. The van der Waals surface area contributed by atoms with Gasteiger partial charge in [-0.15, -0.1) is 11.8 Å². The van der Waals surface area contributed by atoms with Crippen LogP contribution in [0.25, 0.3) is 0 Å². The number of carboxylic acids is 1. The Bertz CT molecular complexity index is 1120. The first kappa shape index (κ1) is 28.0. The molecule has 0 aliphatic carbocycles. The Morgan fingerprint density at radius 1 is 1.11 bits per heavy atom. The summed E-state index contributed by atoms with van der Waals surface area (Å²) in [5.41, 5.74) is 0.565. The Labute approximate surface area is 219 Å². The molecule has 3 amide bonds. The zero-order valence-electron chi connectivity index (χ0n) is 20.9. The number of nitrogens with one attached hydrogen (secondary N) is 2. The van der Waals surface area contributed by atoms with Crippen LogP contribution in [0.3, 0.4) is 0 Å². The number of para-hydroxylation sites is 1. The van der Waals surface area contributed by atoms with E-state index in [1.807, 2.05) is 30.3 Å². The fourth-order valence-corrected chi connectivity index (χ4v) is 4.60. The maximum atomic E-state index is 13.3. The van der Waals surface area contributed by atoms with Crippen molar-refractivity contribution in [3.63, 3.8) is 0 Å². The van der Waals surface area contributed by atoms with Crippen LogP contribution < -0.4 is 15.5 Å². The highest BCUT2D eigenvalue weighted by atomic mass is 32.2. The summed E-state index contributed by atoms with van der Waals surface area (Å²) in [4.78, 5) is 52.3. The number of hydrogen-bond acceptors (Lipinski definition) is 7. The molecule has 2 atom stereocenters. The molecule has 0 radical (unpaired) electrons. The minimum atomic E-state index is -1.18. The van der Waals surface area contributed by atoms with E-state index in [0.29, 0.717) is 5.69 Å². The summed E-state index contributed by atoms with van der Waals surface area (Å²) in [5.74, 6) is -2.21. The van der Waals surface area contributed by atoms with Crippen molar-refractivity contribution in [3.8, 4) is 0 Å². The number of benzene rings is 2. The number of hydrogen-bond donors (Lipinski definition) is 3. The number of fused-ring (bicyclic) bond motifs is 1. The van der Waals surface area contributed by atoms with Crippen LogP contribution in [0, 0.1) is 0 Å². The third-order valence-electron chi connectivity index (χ3n) is 5.14. The predicted molar refractivity (Wildman–Crippen MR) is 138 cm³/mol. The van der Waals surface area contributed by atoms with Gasteiger partial charge in [0.05, 0.1) is 18.9 Å². The van der Waals surface area contributed by atoms with Gasteiger partial charge in [0.15, 0.2) is 0 Å². The highest BCUT2D eigenvalue weighted by molar-refractivity contribution is 7.99. The molecule has 3 rings (SSSR count). The molecule has 11 heteroatoms. The van der Waals surface area contributed by atoms with Gasteiger partial charge in [-0.3, -0.25) is 19.3 Å². The number of carbonyl (C=O) groups excluding carboxylic acids is 3. The smallest absolute Gasteiger partial charge is 0.408 e. The molecule has 0 spiro atoms. The fraction of sp³-hybridized carbons (Fsp3) is 0.385. The van der Waals surface area contributed by atoms with Crippen molar-refractivity contribution in [3.05, 3.63) is 60.2 Å². The zero-order chi connectivity index (χ0) is 27.0. The average Bonchev–Trinajstić information content (AvgIpc) is 2.95. The van der Waals surface area contributed by atoms with Crippen molar-refractivity contribution in [2.75, 3.05) is 23.8 Å². The Balaban J connectivity index is 1.74. The van der Waals surface area contributed by atoms with Crippen molar-refractivity contribution in [1.29, 1.82) is 0 Å². The SMILES string of the molecule is CC(C)(C)OC(=O)N[C@@H](COCc1ccccc1)C(=O)N[C@@H]1CSc2ccccc2N(CC(=O)O)C1=O. The lowest BCUT2D eigenvalue weighted by Gasteiger charge is -2.26. The molecule has 10 nitrogen and oxygen atoms in total. The zero-order valence-corrected chi connectivity index (χ0v) is 21.7. The first-order valence-electron chi connectivity index (χ1n) is 11.7.